The Morgan fingerprint density at radius 3 is 2.33 bits per heavy atom. The van der Waals surface area contributed by atoms with Crippen LogP contribution in [0.4, 0.5) is 4.39 Å². The molecule has 2 aliphatic carbocycles. The summed E-state index contributed by atoms with van der Waals surface area (Å²) in [6.45, 7) is 0. The normalized spacial score (nSPS) is 33.1. The van der Waals surface area contributed by atoms with Crippen molar-refractivity contribution in [2.75, 3.05) is 0 Å². The summed E-state index contributed by atoms with van der Waals surface area (Å²) in [6, 6.07) is 8.26. The number of alkyl halides is 1. The molecule has 0 amide bonds. The third-order valence-electron chi connectivity index (χ3n) is 4.74. The fraction of sp³-hybridized carbons (Fsp3) is 0.625. The van der Waals surface area contributed by atoms with E-state index >= 15 is 0 Å². The van der Waals surface area contributed by atoms with Gasteiger partial charge in [-0.3, -0.25) is 0 Å². The van der Waals surface area contributed by atoms with E-state index in [4.69, 9.17) is 5.73 Å². The second-order valence-corrected chi connectivity index (χ2v) is 6.07. The van der Waals surface area contributed by atoms with Gasteiger partial charge >= 0.3 is 0 Å². The van der Waals surface area contributed by atoms with Gasteiger partial charge in [0.05, 0.1) is 0 Å². The van der Waals surface area contributed by atoms with Crippen molar-refractivity contribution in [3.05, 3.63) is 35.4 Å². The molecule has 2 N–H and O–H groups in total. The van der Waals surface area contributed by atoms with E-state index in [2.05, 4.69) is 12.1 Å². The molecule has 1 nitrogen and oxygen atoms in total. The molecule has 3 rings (SSSR count). The highest BCUT2D eigenvalue weighted by Gasteiger charge is 2.36. The van der Waals surface area contributed by atoms with Gasteiger partial charge in [-0.15, -0.1) is 0 Å². The van der Waals surface area contributed by atoms with Gasteiger partial charge in [0.1, 0.15) is 5.67 Å². The van der Waals surface area contributed by atoms with Crippen LogP contribution in [0.2, 0.25) is 0 Å². The third kappa shape index (κ3) is 2.18. The monoisotopic (exact) mass is 247 g/mol. The van der Waals surface area contributed by atoms with Gasteiger partial charge in [0.2, 0.25) is 0 Å². The highest BCUT2D eigenvalue weighted by atomic mass is 19.1. The summed E-state index contributed by atoms with van der Waals surface area (Å²) in [7, 11) is 0. The van der Waals surface area contributed by atoms with E-state index in [1.165, 1.54) is 24.8 Å². The number of hydrogen-bond acceptors (Lipinski definition) is 1. The Morgan fingerprint density at radius 1 is 1.06 bits per heavy atom. The summed E-state index contributed by atoms with van der Waals surface area (Å²) >= 11 is 0. The van der Waals surface area contributed by atoms with Gasteiger partial charge in [-0.25, -0.2) is 4.39 Å². The van der Waals surface area contributed by atoms with Crippen LogP contribution >= 0.6 is 0 Å². The van der Waals surface area contributed by atoms with Gasteiger partial charge in [0, 0.05) is 12.5 Å². The number of hydrogen-bond donors (Lipinski definition) is 1. The molecule has 2 fully saturated rings. The van der Waals surface area contributed by atoms with E-state index in [9.17, 15) is 4.39 Å². The first kappa shape index (κ1) is 12.2. The quantitative estimate of drug-likeness (QED) is 0.839. The molecule has 2 aliphatic rings. The zero-order valence-corrected chi connectivity index (χ0v) is 10.9. The van der Waals surface area contributed by atoms with Gasteiger partial charge in [-0.05, 0) is 49.1 Å². The van der Waals surface area contributed by atoms with Crippen LogP contribution in [0.1, 0.15) is 62.0 Å². The lowest BCUT2D eigenvalue weighted by Gasteiger charge is -2.34. The summed E-state index contributed by atoms with van der Waals surface area (Å²) in [5.74, 6) is 0.725. The molecule has 18 heavy (non-hydrogen) atoms. The first-order chi connectivity index (χ1) is 8.67. The molecule has 0 spiro atoms. The largest absolute Gasteiger partial charge is 0.328 e. The first-order valence-electron chi connectivity index (χ1n) is 7.22. The molecule has 0 bridgehead atoms. The van der Waals surface area contributed by atoms with Crippen LogP contribution in [-0.4, -0.2) is 6.04 Å². The molecular weight excluding hydrogens is 225 g/mol. The van der Waals surface area contributed by atoms with Crippen LogP contribution in [0, 0.1) is 0 Å². The number of halogens is 1. The minimum Gasteiger partial charge on any atom is -0.328 e. The predicted molar refractivity (Wildman–Crippen MR) is 72.3 cm³/mol. The minimum absolute atomic E-state index is 0.0232. The fourth-order valence-electron chi connectivity index (χ4n) is 3.32. The van der Waals surface area contributed by atoms with Crippen LogP contribution in [0.3, 0.4) is 0 Å². The van der Waals surface area contributed by atoms with Gasteiger partial charge < -0.3 is 5.73 Å². The molecule has 2 unspecified atom stereocenters. The zero-order chi connectivity index (χ0) is 12.6. The first-order valence-corrected chi connectivity index (χ1v) is 7.22. The van der Waals surface area contributed by atoms with E-state index in [1.54, 1.807) is 0 Å². The number of nitrogens with two attached hydrogens (primary N) is 1. The molecule has 1 aromatic rings. The van der Waals surface area contributed by atoms with Crippen molar-refractivity contribution in [3.63, 3.8) is 0 Å². The van der Waals surface area contributed by atoms with Gasteiger partial charge in [-0.2, -0.15) is 0 Å². The van der Waals surface area contributed by atoms with Gasteiger partial charge in [-0.1, -0.05) is 30.7 Å². The molecule has 0 aliphatic heterocycles. The Kier molecular flexibility index (Phi) is 3.14. The highest BCUT2D eigenvalue weighted by Crippen LogP contribution is 2.42. The molecule has 2 saturated carbocycles. The predicted octanol–water partition coefficient (Wildman–Crippen LogP) is 4.02. The average molecular weight is 247 g/mol. The fourth-order valence-corrected chi connectivity index (χ4v) is 3.32. The summed E-state index contributed by atoms with van der Waals surface area (Å²) in [5, 5.41) is 0. The van der Waals surface area contributed by atoms with Crippen molar-refractivity contribution in [2.45, 2.75) is 62.6 Å². The second-order valence-electron chi connectivity index (χ2n) is 6.07. The van der Waals surface area contributed by atoms with Crippen molar-refractivity contribution < 1.29 is 4.39 Å². The van der Waals surface area contributed by atoms with E-state index in [0.29, 0.717) is 12.8 Å². The number of rotatable bonds is 2. The van der Waals surface area contributed by atoms with E-state index in [1.807, 2.05) is 12.1 Å². The maximum atomic E-state index is 14.9. The van der Waals surface area contributed by atoms with Crippen molar-refractivity contribution in [1.82, 2.24) is 0 Å². The summed E-state index contributed by atoms with van der Waals surface area (Å²) in [5.41, 5.74) is 6.95. The lowest BCUT2D eigenvalue weighted by molar-refractivity contribution is 0.0947. The van der Waals surface area contributed by atoms with Crippen molar-refractivity contribution in [3.8, 4) is 0 Å². The Labute approximate surface area is 109 Å². The van der Waals surface area contributed by atoms with Crippen molar-refractivity contribution in [1.29, 1.82) is 0 Å². The topological polar surface area (TPSA) is 26.0 Å². The third-order valence-corrected chi connectivity index (χ3v) is 4.74. The van der Waals surface area contributed by atoms with Crippen LogP contribution in [0.15, 0.2) is 24.3 Å². The van der Waals surface area contributed by atoms with E-state index in [0.717, 1.165) is 24.3 Å². The van der Waals surface area contributed by atoms with Gasteiger partial charge in [0.15, 0.2) is 0 Å². The molecule has 1 aromatic carbocycles. The Hall–Kier alpha value is -0.890. The second kappa shape index (κ2) is 4.65. The SMILES string of the molecule is NC1CCCC(F)(c2ccc(C3CCC3)cc2)C1. The smallest absolute Gasteiger partial charge is 0.137 e. The minimum atomic E-state index is -1.18. The molecule has 0 aromatic heterocycles. The summed E-state index contributed by atoms with van der Waals surface area (Å²) in [4.78, 5) is 0. The lowest BCUT2D eigenvalue weighted by atomic mass is 9.76. The maximum absolute atomic E-state index is 14.9. The zero-order valence-electron chi connectivity index (χ0n) is 10.9. The Morgan fingerprint density at radius 2 is 1.78 bits per heavy atom. The Bertz CT molecular complexity index is 410. The van der Waals surface area contributed by atoms with Crippen LogP contribution < -0.4 is 5.73 Å². The summed E-state index contributed by atoms with van der Waals surface area (Å²) in [6.07, 6.45) is 6.91. The molecule has 0 radical (unpaired) electrons. The molecule has 2 heteroatoms. The van der Waals surface area contributed by atoms with Crippen LogP contribution in [0.5, 0.6) is 0 Å². The van der Waals surface area contributed by atoms with Crippen LogP contribution in [-0.2, 0) is 5.67 Å². The molecule has 0 saturated heterocycles. The average Bonchev–Trinajstić information content (AvgIpc) is 2.27. The molecule has 98 valence electrons. The van der Waals surface area contributed by atoms with Crippen LogP contribution in [0.25, 0.3) is 0 Å². The highest BCUT2D eigenvalue weighted by molar-refractivity contribution is 5.30. The maximum Gasteiger partial charge on any atom is 0.137 e. The molecule has 0 heterocycles. The van der Waals surface area contributed by atoms with Gasteiger partial charge in [0.25, 0.3) is 0 Å². The lowest BCUT2D eigenvalue weighted by Crippen LogP contribution is -2.36. The molecule has 2 atom stereocenters. The van der Waals surface area contributed by atoms with Crippen molar-refractivity contribution in [2.24, 2.45) is 5.73 Å². The van der Waals surface area contributed by atoms with E-state index < -0.39 is 5.67 Å². The van der Waals surface area contributed by atoms with Crippen molar-refractivity contribution >= 4 is 0 Å². The Balaban J connectivity index is 1.78. The van der Waals surface area contributed by atoms with E-state index in [-0.39, 0.29) is 6.04 Å². The number of benzene rings is 1. The molecular formula is C16H22FN. The summed E-state index contributed by atoms with van der Waals surface area (Å²) < 4.78 is 14.9. The standard InChI is InChI=1S/C16H22FN/c17-16(10-2-5-15(18)11-16)14-8-6-13(7-9-14)12-3-1-4-12/h6-9,12,15H,1-5,10-11,18H2.